The van der Waals surface area contributed by atoms with Crippen molar-refractivity contribution in [2.45, 2.75) is 24.8 Å². The first-order valence-electron chi connectivity index (χ1n) is 8.50. The third kappa shape index (κ3) is 4.50. The van der Waals surface area contributed by atoms with Crippen molar-refractivity contribution in [3.8, 4) is 6.07 Å². The Hall–Kier alpha value is -2.47. The summed E-state index contributed by atoms with van der Waals surface area (Å²) in [5, 5.41) is 11.7. The number of benzene rings is 2. The molecule has 0 aliphatic heterocycles. The van der Waals surface area contributed by atoms with Gasteiger partial charge in [-0.25, -0.2) is 12.8 Å². The van der Waals surface area contributed by atoms with E-state index in [0.717, 1.165) is 6.07 Å². The van der Waals surface area contributed by atoms with Crippen molar-refractivity contribution in [1.82, 2.24) is 9.62 Å². The fourth-order valence-electron chi connectivity index (χ4n) is 2.65. The van der Waals surface area contributed by atoms with Crippen molar-refractivity contribution >= 4 is 27.5 Å². The maximum absolute atomic E-state index is 13.9. The molecule has 148 valence electrons. The molecular formula is C19H19ClFN3O3S. The smallest absolute Gasteiger partial charge is 0.252 e. The highest BCUT2D eigenvalue weighted by molar-refractivity contribution is 7.89. The van der Waals surface area contributed by atoms with Gasteiger partial charge in [0.25, 0.3) is 5.91 Å². The van der Waals surface area contributed by atoms with E-state index in [9.17, 15) is 22.9 Å². The largest absolute Gasteiger partial charge is 0.332 e. The van der Waals surface area contributed by atoms with E-state index >= 15 is 0 Å². The predicted octanol–water partition coefficient (Wildman–Crippen LogP) is 3.50. The van der Waals surface area contributed by atoms with E-state index in [2.05, 4.69) is 5.32 Å². The summed E-state index contributed by atoms with van der Waals surface area (Å²) < 4.78 is 40.6. The Morgan fingerprint density at radius 3 is 2.46 bits per heavy atom. The predicted molar refractivity (Wildman–Crippen MR) is 104 cm³/mol. The van der Waals surface area contributed by atoms with Crippen molar-refractivity contribution in [2.75, 3.05) is 13.1 Å². The van der Waals surface area contributed by atoms with E-state index in [-0.39, 0.29) is 34.1 Å². The molecule has 1 amide bonds. The number of carbonyl (C=O) groups excluding carboxylic acids is 1. The molecule has 1 N–H and O–H groups in total. The Labute approximate surface area is 168 Å². The van der Waals surface area contributed by atoms with Gasteiger partial charge in [-0.2, -0.15) is 9.57 Å². The summed E-state index contributed by atoms with van der Waals surface area (Å²) in [6, 6.07) is 9.99. The van der Waals surface area contributed by atoms with Crippen LogP contribution in [0.3, 0.4) is 0 Å². The van der Waals surface area contributed by atoms with E-state index in [4.69, 9.17) is 11.6 Å². The number of nitrogens with one attached hydrogen (secondary N) is 1. The van der Waals surface area contributed by atoms with E-state index in [1.807, 2.05) is 6.07 Å². The summed E-state index contributed by atoms with van der Waals surface area (Å²) in [7, 11) is -3.88. The number of rotatable bonds is 7. The minimum absolute atomic E-state index is 0.00767. The van der Waals surface area contributed by atoms with Gasteiger partial charge in [0.05, 0.1) is 11.1 Å². The van der Waals surface area contributed by atoms with Crippen LogP contribution in [-0.4, -0.2) is 31.7 Å². The zero-order valence-corrected chi connectivity index (χ0v) is 16.9. The molecule has 28 heavy (non-hydrogen) atoms. The van der Waals surface area contributed by atoms with Crippen molar-refractivity contribution < 1.29 is 17.6 Å². The van der Waals surface area contributed by atoms with Crippen LogP contribution in [0.2, 0.25) is 5.02 Å². The maximum atomic E-state index is 13.9. The quantitative estimate of drug-likeness (QED) is 0.737. The molecular weight excluding hydrogens is 405 g/mol. The number of hydrogen-bond donors (Lipinski definition) is 1. The summed E-state index contributed by atoms with van der Waals surface area (Å²) in [5.41, 5.74) is 0.00928. The van der Waals surface area contributed by atoms with Crippen LogP contribution in [0.1, 0.15) is 35.8 Å². The number of amides is 1. The van der Waals surface area contributed by atoms with Gasteiger partial charge in [0.2, 0.25) is 10.0 Å². The monoisotopic (exact) mass is 423 g/mol. The summed E-state index contributed by atoms with van der Waals surface area (Å²) >= 11 is 6.05. The van der Waals surface area contributed by atoms with Gasteiger partial charge in [0.15, 0.2) is 0 Å². The van der Waals surface area contributed by atoms with Crippen LogP contribution in [0.25, 0.3) is 0 Å². The number of hydrogen-bond acceptors (Lipinski definition) is 4. The molecule has 0 saturated heterocycles. The molecule has 0 fully saturated rings. The molecule has 1 atom stereocenters. The Morgan fingerprint density at radius 1 is 1.25 bits per heavy atom. The normalized spacial score (nSPS) is 12.4. The highest BCUT2D eigenvalue weighted by Gasteiger charge is 2.26. The average molecular weight is 424 g/mol. The maximum Gasteiger partial charge on any atom is 0.252 e. The Bertz CT molecular complexity index is 1020. The molecule has 0 spiro atoms. The zero-order chi connectivity index (χ0) is 20.9. The molecule has 0 heterocycles. The van der Waals surface area contributed by atoms with Crippen LogP contribution in [0, 0.1) is 17.1 Å². The lowest BCUT2D eigenvalue weighted by Crippen LogP contribution is -2.31. The molecule has 0 radical (unpaired) electrons. The van der Waals surface area contributed by atoms with E-state index in [1.165, 1.54) is 34.6 Å². The molecule has 2 aromatic rings. The van der Waals surface area contributed by atoms with E-state index < -0.39 is 27.8 Å². The molecule has 0 bridgehead atoms. The number of carbonyl (C=O) groups is 1. The molecule has 2 aromatic carbocycles. The van der Waals surface area contributed by atoms with Gasteiger partial charge >= 0.3 is 0 Å². The third-order valence-electron chi connectivity index (χ3n) is 4.14. The average Bonchev–Trinajstić information content (AvgIpc) is 2.67. The van der Waals surface area contributed by atoms with Crippen LogP contribution >= 0.6 is 11.6 Å². The summed E-state index contributed by atoms with van der Waals surface area (Å²) in [6.45, 7) is 3.87. The highest BCUT2D eigenvalue weighted by atomic mass is 35.5. The second kappa shape index (κ2) is 9.15. The van der Waals surface area contributed by atoms with Gasteiger partial charge in [-0.15, -0.1) is 0 Å². The van der Waals surface area contributed by atoms with Gasteiger partial charge in [0, 0.05) is 24.2 Å². The van der Waals surface area contributed by atoms with Crippen molar-refractivity contribution in [3.63, 3.8) is 0 Å². The zero-order valence-electron chi connectivity index (χ0n) is 15.3. The van der Waals surface area contributed by atoms with Gasteiger partial charge in [-0.1, -0.05) is 43.6 Å². The van der Waals surface area contributed by atoms with E-state index in [1.54, 1.807) is 19.9 Å². The number of sulfonamides is 1. The number of halogens is 2. The lowest BCUT2D eigenvalue weighted by molar-refractivity contribution is 0.0944. The van der Waals surface area contributed by atoms with Crippen LogP contribution in [0.15, 0.2) is 47.4 Å². The second-order valence-electron chi connectivity index (χ2n) is 5.79. The summed E-state index contributed by atoms with van der Waals surface area (Å²) in [4.78, 5) is 12.4. The third-order valence-corrected chi connectivity index (χ3v) is 6.67. The summed E-state index contributed by atoms with van der Waals surface area (Å²) in [5.74, 6) is -1.35. The fourth-order valence-corrected chi connectivity index (χ4v) is 4.61. The van der Waals surface area contributed by atoms with Crippen LogP contribution in [0.4, 0.5) is 4.39 Å². The Morgan fingerprint density at radius 2 is 1.89 bits per heavy atom. The van der Waals surface area contributed by atoms with Crippen LogP contribution < -0.4 is 5.32 Å². The first-order valence-corrected chi connectivity index (χ1v) is 10.3. The minimum atomic E-state index is -3.88. The first-order chi connectivity index (χ1) is 13.3. The van der Waals surface area contributed by atoms with Crippen molar-refractivity contribution in [1.29, 1.82) is 5.26 Å². The standard InChI is InChI=1S/C19H19ClFN3O3S/c1-3-24(4-2)28(26,27)18-11-13(9-10-15(18)20)19(25)23-17(12-22)14-7-5-6-8-16(14)21/h5-11,17H,3-4H2,1-2H3,(H,23,25). The molecule has 0 saturated carbocycles. The minimum Gasteiger partial charge on any atom is -0.332 e. The molecule has 0 aliphatic carbocycles. The number of nitrogens with zero attached hydrogens (tertiary/aromatic N) is 2. The molecule has 9 heteroatoms. The number of nitriles is 1. The van der Waals surface area contributed by atoms with Crippen molar-refractivity contribution in [3.05, 3.63) is 64.4 Å². The summed E-state index contributed by atoms with van der Waals surface area (Å²) in [6.07, 6.45) is 0. The molecule has 6 nitrogen and oxygen atoms in total. The lowest BCUT2D eigenvalue weighted by Gasteiger charge is -2.20. The lowest BCUT2D eigenvalue weighted by atomic mass is 10.1. The van der Waals surface area contributed by atoms with Gasteiger partial charge in [-0.05, 0) is 24.3 Å². The second-order valence-corrected chi connectivity index (χ2v) is 8.11. The fraction of sp³-hybridized carbons (Fsp3) is 0.263. The SMILES string of the molecule is CCN(CC)S(=O)(=O)c1cc(C(=O)NC(C#N)c2ccccc2F)ccc1Cl. The van der Waals surface area contributed by atoms with Gasteiger partial charge < -0.3 is 5.32 Å². The molecule has 2 rings (SSSR count). The first kappa shape index (κ1) is 21.8. The van der Waals surface area contributed by atoms with Crippen molar-refractivity contribution in [2.24, 2.45) is 0 Å². The highest BCUT2D eigenvalue weighted by Crippen LogP contribution is 2.26. The van der Waals surface area contributed by atoms with E-state index in [0.29, 0.717) is 0 Å². The molecule has 1 unspecified atom stereocenters. The molecule has 0 aromatic heterocycles. The molecule has 0 aliphatic rings. The Kier molecular flexibility index (Phi) is 7.13. The Balaban J connectivity index is 2.37. The van der Waals surface area contributed by atoms with Gasteiger partial charge in [-0.3, -0.25) is 4.79 Å². The topological polar surface area (TPSA) is 90.3 Å². The van der Waals surface area contributed by atoms with Gasteiger partial charge in [0.1, 0.15) is 16.8 Å². The van der Waals surface area contributed by atoms with Crippen LogP contribution in [-0.2, 0) is 10.0 Å². The van der Waals surface area contributed by atoms with Crippen LogP contribution in [0.5, 0.6) is 0 Å².